The molecule has 84 valence electrons. The Morgan fingerprint density at radius 3 is 2.50 bits per heavy atom. The first-order valence-electron chi connectivity index (χ1n) is 5.64. The second kappa shape index (κ2) is 9.22. The Labute approximate surface area is 88.7 Å². The Balaban J connectivity index is 3.47. The molecule has 0 rings (SSSR count). The number of allylic oxidation sites excluding steroid dienone is 1. The Morgan fingerprint density at radius 2 is 2.00 bits per heavy atom. The summed E-state index contributed by atoms with van der Waals surface area (Å²) in [5.74, 6) is 0.711. The van der Waals surface area contributed by atoms with Gasteiger partial charge in [0.2, 0.25) is 0 Å². The maximum absolute atomic E-state index is 5.66. The second-order valence-corrected chi connectivity index (χ2v) is 3.98. The first-order valence-corrected chi connectivity index (χ1v) is 5.64. The van der Waals surface area contributed by atoms with Crippen LogP contribution in [0.15, 0.2) is 12.2 Å². The molecule has 0 aliphatic heterocycles. The SMILES string of the molecule is CC=CCOC(CC)CNCC(C)C. The molecule has 0 aromatic carbocycles. The molecule has 2 heteroatoms. The summed E-state index contributed by atoms with van der Waals surface area (Å²) in [7, 11) is 0. The van der Waals surface area contributed by atoms with Gasteiger partial charge in [-0.1, -0.05) is 32.9 Å². The summed E-state index contributed by atoms with van der Waals surface area (Å²) < 4.78 is 5.66. The third-order valence-electron chi connectivity index (χ3n) is 2.04. The zero-order valence-electron chi connectivity index (χ0n) is 10.0. The monoisotopic (exact) mass is 199 g/mol. The van der Waals surface area contributed by atoms with Crippen LogP contribution in [0, 0.1) is 5.92 Å². The Hall–Kier alpha value is -0.340. The number of nitrogens with one attached hydrogen (secondary N) is 1. The van der Waals surface area contributed by atoms with E-state index in [-0.39, 0.29) is 0 Å². The van der Waals surface area contributed by atoms with Crippen LogP contribution in [0.5, 0.6) is 0 Å². The molecule has 0 spiro atoms. The van der Waals surface area contributed by atoms with Crippen LogP contribution >= 0.6 is 0 Å². The van der Waals surface area contributed by atoms with E-state index >= 15 is 0 Å². The van der Waals surface area contributed by atoms with E-state index in [0.29, 0.717) is 12.0 Å². The molecule has 1 atom stereocenters. The van der Waals surface area contributed by atoms with Gasteiger partial charge < -0.3 is 10.1 Å². The van der Waals surface area contributed by atoms with Crippen molar-refractivity contribution in [3.05, 3.63) is 12.2 Å². The van der Waals surface area contributed by atoms with Gasteiger partial charge in [-0.2, -0.15) is 0 Å². The molecule has 0 fully saturated rings. The lowest BCUT2D eigenvalue weighted by atomic mass is 10.2. The highest BCUT2D eigenvalue weighted by molar-refractivity contribution is 4.77. The van der Waals surface area contributed by atoms with Crippen molar-refractivity contribution < 1.29 is 4.74 Å². The smallest absolute Gasteiger partial charge is 0.0701 e. The van der Waals surface area contributed by atoms with Gasteiger partial charge in [0.1, 0.15) is 0 Å². The molecule has 1 unspecified atom stereocenters. The molecule has 0 aromatic rings. The van der Waals surface area contributed by atoms with Gasteiger partial charge >= 0.3 is 0 Å². The quantitative estimate of drug-likeness (QED) is 0.607. The molecule has 0 amide bonds. The second-order valence-electron chi connectivity index (χ2n) is 3.98. The first kappa shape index (κ1) is 13.7. The Kier molecular flexibility index (Phi) is 9.00. The van der Waals surface area contributed by atoms with Gasteiger partial charge in [-0.25, -0.2) is 0 Å². The van der Waals surface area contributed by atoms with Crippen molar-refractivity contribution in [2.45, 2.75) is 40.2 Å². The van der Waals surface area contributed by atoms with Crippen LogP contribution in [0.2, 0.25) is 0 Å². The van der Waals surface area contributed by atoms with Crippen molar-refractivity contribution in [2.75, 3.05) is 19.7 Å². The summed E-state index contributed by atoms with van der Waals surface area (Å²) in [6, 6.07) is 0. The topological polar surface area (TPSA) is 21.3 Å². The largest absolute Gasteiger partial charge is 0.373 e. The average Bonchev–Trinajstić information content (AvgIpc) is 2.15. The highest BCUT2D eigenvalue weighted by Gasteiger charge is 2.04. The molecule has 0 bridgehead atoms. The molecule has 14 heavy (non-hydrogen) atoms. The lowest BCUT2D eigenvalue weighted by Crippen LogP contribution is -2.31. The Bertz CT molecular complexity index is 143. The van der Waals surface area contributed by atoms with E-state index in [4.69, 9.17) is 4.74 Å². The van der Waals surface area contributed by atoms with E-state index in [1.54, 1.807) is 0 Å². The van der Waals surface area contributed by atoms with Crippen LogP contribution in [0.3, 0.4) is 0 Å². The van der Waals surface area contributed by atoms with Crippen LogP contribution < -0.4 is 5.32 Å². The molecule has 2 nitrogen and oxygen atoms in total. The normalized spacial score (nSPS) is 14.1. The lowest BCUT2D eigenvalue weighted by Gasteiger charge is -2.16. The molecule has 1 N–H and O–H groups in total. The van der Waals surface area contributed by atoms with Crippen molar-refractivity contribution >= 4 is 0 Å². The molecule has 0 saturated carbocycles. The van der Waals surface area contributed by atoms with Gasteiger partial charge in [0.25, 0.3) is 0 Å². The van der Waals surface area contributed by atoms with Crippen molar-refractivity contribution in [2.24, 2.45) is 5.92 Å². The number of hydrogen-bond donors (Lipinski definition) is 1. The van der Waals surface area contributed by atoms with Gasteiger partial charge in [0.15, 0.2) is 0 Å². The number of hydrogen-bond acceptors (Lipinski definition) is 2. The summed E-state index contributed by atoms with van der Waals surface area (Å²) >= 11 is 0. The molecule has 0 heterocycles. The number of rotatable bonds is 8. The van der Waals surface area contributed by atoms with E-state index in [2.05, 4.69) is 26.1 Å². The first-order chi connectivity index (χ1) is 6.70. The van der Waals surface area contributed by atoms with Gasteiger partial charge in [-0.15, -0.1) is 0 Å². The van der Waals surface area contributed by atoms with E-state index in [1.165, 1.54) is 0 Å². The minimum atomic E-state index is 0.352. The van der Waals surface area contributed by atoms with E-state index in [9.17, 15) is 0 Å². The predicted octanol–water partition coefficient (Wildman–Crippen LogP) is 2.60. The molecule has 0 aliphatic carbocycles. The fourth-order valence-corrected chi connectivity index (χ4v) is 1.14. The van der Waals surface area contributed by atoms with Crippen LogP contribution in [0.4, 0.5) is 0 Å². The molecule has 0 aliphatic rings. The minimum absolute atomic E-state index is 0.352. The van der Waals surface area contributed by atoms with Crippen LogP contribution in [0.25, 0.3) is 0 Å². The van der Waals surface area contributed by atoms with Crippen LogP contribution in [-0.2, 0) is 4.74 Å². The van der Waals surface area contributed by atoms with Crippen molar-refractivity contribution in [1.82, 2.24) is 5.32 Å². The van der Waals surface area contributed by atoms with Gasteiger partial charge in [-0.05, 0) is 25.8 Å². The third kappa shape index (κ3) is 8.27. The maximum atomic E-state index is 5.66. The summed E-state index contributed by atoms with van der Waals surface area (Å²) in [5.41, 5.74) is 0. The van der Waals surface area contributed by atoms with Gasteiger partial charge in [-0.3, -0.25) is 0 Å². The fraction of sp³-hybridized carbons (Fsp3) is 0.833. The molecule has 0 saturated heterocycles. The van der Waals surface area contributed by atoms with Gasteiger partial charge in [0, 0.05) is 6.54 Å². The maximum Gasteiger partial charge on any atom is 0.0701 e. The molecular formula is C12H25NO. The third-order valence-corrected chi connectivity index (χ3v) is 2.04. The summed E-state index contributed by atoms with van der Waals surface area (Å²) in [4.78, 5) is 0. The van der Waals surface area contributed by atoms with Gasteiger partial charge in [0.05, 0.1) is 12.7 Å². The van der Waals surface area contributed by atoms with E-state index < -0.39 is 0 Å². The predicted molar refractivity (Wildman–Crippen MR) is 62.6 cm³/mol. The average molecular weight is 199 g/mol. The molecule has 0 aromatic heterocycles. The minimum Gasteiger partial charge on any atom is -0.373 e. The zero-order chi connectivity index (χ0) is 10.8. The van der Waals surface area contributed by atoms with Crippen molar-refractivity contribution in [1.29, 1.82) is 0 Å². The van der Waals surface area contributed by atoms with Crippen molar-refractivity contribution in [3.63, 3.8) is 0 Å². The van der Waals surface area contributed by atoms with Crippen LogP contribution in [0.1, 0.15) is 34.1 Å². The Morgan fingerprint density at radius 1 is 1.29 bits per heavy atom. The number of ether oxygens (including phenoxy) is 1. The fourth-order valence-electron chi connectivity index (χ4n) is 1.14. The molecular weight excluding hydrogens is 174 g/mol. The van der Waals surface area contributed by atoms with E-state index in [0.717, 1.165) is 26.1 Å². The van der Waals surface area contributed by atoms with E-state index in [1.807, 2.05) is 19.1 Å². The van der Waals surface area contributed by atoms with Crippen LogP contribution in [-0.4, -0.2) is 25.8 Å². The molecule has 0 radical (unpaired) electrons. The van der Waals surface area contributed by atoms with Crippen molar-refractivity contribution in [3.8, 4) is 0 Å². The summed E-state index contributed by atoms with van der Waals surface area (Å²) in [6.45, 7) is 11.4. The lowest BCUT2D eigenvalue weighted by molar-refractivity contribution is 0.0707. The summed E-state index contributed by atoms with van der Waals surface area (Å²) in [5, 5.41) is 3.41. The highest BCUT2D eigenvalue weighted by Crippen LogP contribution is 1.97. The standard InChI is InChI=1S/C12H25NO/c1-5-7-8-14-12(6-2)10-13-9-11(3)4/h5,7,11-13H,6,8-10H2,1-4H3. The highest BCUT2D eigenvalue weighted by atomic mass is 16.5. The zero-order valence-corrected chi connectivity index (χ0v) is 10.0. The summed E-state index contributed by atoms with van der Waals surface area (Å²) in [6.07, 6.45) is 5.49.